The van der Waals surface area contributed by atoms with E-state index in [1.165, 1.54) is 10.6 Å². The van der Waals surface area contributed by atoms with Crippen LogP contribution >= 0.6 is 0 Å². The van der Waals surface area contributed by atoms with Crippen LogP contribution in [0.15, 0.2) is 24.5 Å². The minimum atomic E-state index is -3.19. The molecule has 0 bridgehead atoms. The lowest BCUT2D eigenvalue weighted by Crippen LogP contribution is -2.30. The fourth-order valence-corrected chi connectivity index (χ4v) is 3.24. The fourth-order valence-electron chi connectivity index (χ4n) is 2.42. The topological polar surface area (TPSA) is 73.0 Å². The lowest BCUT2D eigenvalue weighted by Gasteiger charge is -2.16. The maximum Gasteiger partial charge on any atom is 0.211 e. The zero-order valence-corrected chi connectivity index (χ0v) is 12.1. The van der Waals surface area contributed by atoms with E-state index >= 15 is 0 Å². The molecule has 1 aliphatic rings. The highest BCUT2D eigenvalue weighted by atomic mass is 32.2. The number of aryl methyl sites for hydroxylation is 1. The molecule has 8 heteroatoms. The van der Waals surface area contributed by atoms with Crippen LogP contribution in [0.5, 0.6) is 0 Å². The SMILES string of the molecule is CS(=O)(=O)N1CCCn2nnc(Cn3cccc3)c2C1. The third kappa shape index (κ3) is 2.61. The van der Waals surface area contributed by atoms with Crippen molar-refractivity contribution in [3.8, 4) is 0 Å². The second-order valence-electron chi connectivity index (χ2n) is 5.01. The summed E-state index contributed by atoms with van der Waals surface area (Å²) in [5, 5.41) is 8.35. The maximum absolute atomic E-state index is 11.8. The van der Waals surface area contributed by atoms with Gasteiger partial charge in [-0.15, -0.1) is 5.10 Å². The molecule has 3 rings (SSSR count). The standard InChI is InChI=1S/C12H17N5O2S/c1-20(18,19)16-7-4-8-17-12(10-16)11(13-14-17)9-15-5-2-3-6-15/h2-3,5-6H,4,7-10H2,1H3. The second-order valence-corrected chi connectivity index (χ2v) is 6.99. The molecule has 108 valence electrons. The number of aromatic nitrogens is 4. The zero-order chi connectivity index (χ0) is 14.2. The Hall–Kier alpha value is -1.67. The summed E-state index contributed by atoms with van der Waals surface area (Å²) in [6.45, 7) is 2.20. The summed E-state index contributed by atoms with van der Waals surface area (Å²) in [5.41, 5.74) is 1.72. The van der Waals surface area contributed by atoms with Gasteiger partial charge in [-0.05, 0) is 18.6 Å². The Morgan fingerprint density at radius 2 is 2.00 bits per heavy atom. The van der Waals surface area contributed by atoms with Crippen molar-refractivity contribution in [1.82, 2.24) is 23.9 Å². The second kappa shape index (κ2) is 5.02. The summed E-state index contributed by atoms with van der Waals surface area (Å²) in [7, 11) is -3.19. The van der Waals surface area contributed by atoms with Gasteiger partial charge < -0.3 is 4.57 Å². The predicted octanol–water partition coefficient (Wildman–Crippen LogP) is 0.293. The van der Waals surface area contributed by atoms with Gasteiger partial charge in [-0.3, -0.25) is 0 Å². The van der Waals surface area contributed by atoms with Gasteiger partial charge in [0, 0.05) is 25.5 Å². The van der Waals surface area contributed by atoms with Crippen molar-refractivity contribution < 1.29 is 8.42 Å². The first kappa shape index (κ1) is 13.3. The van der Waals surface area contributed by atoms with Gasteiger partial charge in [0.2, 0.25) is 10.0 Å². The summed E-state index contributed by atoms with van der Waals surface area (Å²) in [6, 6.07) is 3.90. The van der Waals surface area contributed by atoms with Gasteiger partial charge in [0.1, 0.15) is 5.69 Å². The highest BCUT2D eigenvalue weighted by molar-refractivity contribution is 7.88. The Kier molecular flexibility index (Phi) is 3.35. The molecular formula is C12H17N5O2S. The lowest BCUT2D eigenvalue weighted by atomic mass is 10.3. The number of nitrogens with zero attached hydrogens (tertiary/aromatic N) is 5. The Morgan fingerprint density at radius 1 is 1.25 bits per heavy atom. The molecule has 0 N–H and O–H groups in total. The predicted molar refractivity (Wildman–Crippen MR) is 73.4 cm³/mol. The van der Waals surface area contributed by atoms with Crippen LogP contribution in [0.3, 0.4) is 0 Å². The van der Waals surface area contributed by atoms with Crippen LogP contribution in [-0.4, -0.2) is 45.1 Å². The molecule has 0 aromatic carbocycles. The van der Waals surface area contributed by atoms with Crippen molar-refractivity contribution in [2.75, 3.05) is 12.8 Å². The molecule has 0 saturated carbocycles. The van der Waals surface area contributed by atoms with Crippen molar-refractivity contribution in [2.45, 2.75) is 26.1 Å². The van der Waals surface area contributed by atoms with E-state index in [2.05, 4.69) is 10.3 Å². The summed E-state index contributed by atoms with van der Waals surface area (Å²) in [4.78, 5) is 0. The normalized spacial score (nSPS) is 16.9. The molecule has 0 atom stereocenters. The largest absolute Gasteiger partial charge is 0.348 e. The van der Waals surface area contributed by atoms with Gasteiger partial charge in [-0.1, -0.05) is 5.21 Å². The number of hydrogen-bond acceptors (Lipinski definition) is 4. The van der Waals surface area contributed by atoms with Crippen LogP contribution in [0.25, 0.3) is 0 Å². The molecule has 0 radical (unpaired) electrons. The van der Waals surface area contributed by atoms with Gasteiger partial charge >= 0.3 is 0 Å². The number of sulfonamides is 1. The van der Waals surface area contributed by atoms with E-state index in [1.54, 1.807) is 0 Å². The Bertz CT molecular complexity index is 690. The molecule has 0 saturated heterocycles. The molecule has 20 heavy (non-hydrogen) atoms. The van der Waals surface area contributed by atoms with Crippen molar-refractivity contribution in [3.05, 3.63) is 35.9 Å². The van der Waals surface area contributed by atoms with E-state index in [9.17, 15) is 8.42 Å². The lowest BCUT2D eigenvalue weighted by molar-refractivity contribution is 0.412. The molecule has 0 aliphatic carbocycles. The highest BCUT2D eigenvalue weighted by Gasteiger charge is 2.25. The van der Waals surface area contributed by atoms with Gasteiger partial charge in [-0.25, -0.2) is 13.1 Å². The first-order valence-corrected chi connectivity index (χ1v) is 8.36. The Morgan fingerprint density at radius 3 is 2.70 bits per heavy atom. The first-order chi connectivity index (χ1) is 9.54. The van der Waals surface area contributed by atoms with Crippen LogP contribution in [-0.2, 0) is 29.7 Å². The molecule has 2 aromatic heterocycles. The Balaban J connectivity index is 1.91. The molecule has 0 amide bonds. The van der Waals surface area contributed by atoms with Crippen molar-refractivity contribution in [3.63, 3.8) is 0 Å². The van der Waals surface area contributed by atoms with Crippen molar-refractivity contribution >= 4 is 10.0 Å². The molecule has 7 nitrogen and oxygen atoms in total. The van der Waals surface area contributed by atoms with E-state index in [1.807, 2.05) is 33.8 Å². The van der Waals surface area contributed by atoms with Gasteiger partial charge in [-0.2, -0.15) is 4.31 Å². The summed E-state index contributed by atoms with van der Waals surface area (Å²) in [6.07, 6.45) is 5.91. The highest BCUT2D eigenvalue weighted by Crippen LogP contribution is 2.17. The minimum Gasteiger partial charge on any atom is -0.348 e. The third-order valence-corrected chi connectivity index (χ3v) is 4.74. The number of rotatable bonds is 3. The average molecular weight is 295 g/mol. The van der Waals surface area contributed by atoms with E-state index in [-0.39, 0.29) is 0 Å². The number of hydrogen-bond donors (Lipinski definition) is 0. The number of fused-ring (bicyclic) bond motifs is 1. The summed E-state index contributed by atoms with van der Waals surface area (Å²) < 4.78 is 28.9. The van der Waals surface area contributed by atoms with E-state index < -0.39 is 10.0 Å². The molecule has 0 fully saturated rings. The van der Waals surface area contributed by atoms with Crippen LogP contribution in [0.1, 0.15) is 17.8 Å². The molecule has 2 aromatic rings. The molecule has 1 aliphatic heterocycles. The minimum absolute atomic E-state index is 0.350. The maximum atomic E-state index is 11.8. The van der Waals surface area contributed by atoms with E-state index in [0.29, 0.717) is 26.2 Å². The Labute approximate surface area is 117 Å². The van der Waals surface area contributed by atoms with Crippen molar-refractivity contribution in [1.29, 1.82) is 0 Å². The summed E-state index contributed by atoms with van der Waals surface area (Å²) >= 11 is 0. The van der Waals surface area contributed by atoms with Gasteiger partial charge in [0.25, 0.3) is 0 Å². The fraction of sp³-hybridized carbons (Fsp3) is 0.500. The monoisotopic (exact) mass is 295 g/mol. The van der Waals surface area contributed by atoms with E-state index in [0.717, 1.165) is 17.8 Å². The quantitative estimate of drug-likeness (QED) is 0.816. The molecular weight excluding hydrogens is 278 g/mol. The van der Waals surface area contributed by atoms with Gasteiger partial charge in [0.15, 0.2) is 0 Å². The van der Waals surface area contributed by atoms with E-state index in [4.69, 9.17) is 0 Å². The molecule has 0 spiro atoms. The van der Waals surface area contributed by atoms with Crippen LogP contribution in [0, 0.1) is 0 Å². The van der Waals surface area contributed by atoms with Crippen LogP contribution in [0.2, 0.25) is 0 Å². The third-order valence-electron chi connectivity index (χ3n) is 3.49. The van der Waals surface area contributed by atoms with Crippen LogP contribution in [0.4, 0.5) is 0 Å². The average Bonchev–Trinajstić information content (AvgIpc) is 2.94. The smallest absolute Gasteiger partial charge is 0.211 e. The van der Waals surface area contributed by atoms with Gasteiger partial charge in [0.05, 0.1) is 25.0 Å². The van der Waals surface area contributed by atoms with Crippen LogP contribution < -0.4 is 0 Å². The van der Waals surface area contributed by atoms with Crippen molar-refractivity contribution in [2.24, 2.45) is 0 Å². The summed E-state index contributed by atoms with van der Waals surface area (Å²) in [5.74, 6) is 0. The molecule has 3 heterocycles. The first-order valence-electron chi connectivity index (χ1n) is 6.51. The molecule has 0 unspecified atom stereocenters. The zero-order valence-electron chi connectivity index (χ0n) is 11.3.